The maximum Gasteiger partial charge on any atom is 0.384 e. The van der Waals surface area contributed by atoms with Gasteiger partial charge in [-0.25, -0.2) is 8.78 Å². The minimum Gasteiger partial charge on any atom is -0.291 e. The molecule has 0 aliphatic rings. The summed E-state index contributed by atoms with van der Waals surface area (Å²) in [5, 5.41) is 0. The highest BCUT2D eigenvalue weighted by Gasteiger charge is 2.87. The third-order valence-electron chi connectivity index (χ3n) is 5.98. The summed E-state index contributed by atoms with van der Waals surface area (Å²) in [5.41, 5.74) is 0.384. The Morgan fingerprint density at radius 2 is 1.11 bits per heavy atom. The zero-order valence-corrected chi connectivity index (χ0v) is 19.1. The van der Waals surface area contributed by atoms with Crippen LogP contribution in [0.15, 0.2) is 30.3 Å². The average Bonchev–Trinajstić information content (AvgIpc) is 2.78. The second-order valence-electron chi connectivity index (χ2n) is 8.46. The smallest absolute Gasteiger partial charge is 0.291 e. The molecule has 0 aromatic heterocycles. The van der Waals surface area contributed by atoms with Crippen molar-refractivity contribution in [3.63, 3.8) is 0 Å². The van der Waals surface area contributed by atoms with Crippen molar-refractivity contribution < 1.29 is 52.7 Å². The van der Waals surface area contributed by atoms with E-state index in [0.717, 1.165) is 0 Å². The first kappa shape index (κ1) is 31.4. The number of hydrogen-bond acceptors (Lipinski definition) is 0. The molecule has 0 unspecified atom stereocenters. The monoisotopic (exact) mass is 534 g/mol. The first-order chi connectivity index (χ1) is 15.9. The highest BCUT2D eigenvalue weighted by atomic mass is 19.4. The lowest BCUT2D eigenvalue weighted by Gasteiger charge is -2.42. The van der Waals surface area contributed by atoms with Crippen molar-refractivity contribution in [2.24, 2.45) is 0 Å². The molecule has 0 amide bonds. The molecule has 0 saturated carbocycles. The Bertz CT molecular complexity index is 772. The molecule has 13 heteroatoms. The van der Waals surface area contributed by atoms with Crippen molar-refractivity contribution in [1.29, 1.82) is 0 Å². The standard InChI is InChI=1S/C22H28F12N/c1-3-5-13-35(14-6-4-2,16-10-8-7-9-11-16)15-12-18(25,26)20(29,30)22(33,34)21(31,32)19(27,28)17(23)24/h7-11,17H,3-6,12-15H2,1-2H3/q+1. The van der Waals surface area contributed by atoms with Gasteiger partial charge < -0.3 is 0 Å². The number of halogens is 12. The summed E-state index contributed by atoms with van der Waals surface area (Å²) in [7, 11) is 0. The maximum atomic E-state index is 14.5. The van der Waals surface area contributed by atoms with Crippen LogP contribution in [0.4, 0.5) is 58.4 Å². The van der Waals surface area contributed by atoms with Crippen molar-refractivity contribution in [2.75, 3.05) is 19.6 Å². The number of quaternary nitrogens is 1. The molecule has 0 N–H and O–H groups in total. The van der Waals surface area contributed by atoms with Crippen LogP contribution in [-0.2, 0) is 0 Å². The lowest BCUT2D eigenvalue weighted by molar-refractivity contribution is -0.413. The van der Waals surface area contributed by atoms with E-state index in [9.17, 15) is 52.7 Å². The average molecular weight is 534 g/mol. The number of benzene rings is 1. The van der Waals surface area contributed by atoms with Gasteiger partial charge in [0.2, 0.25) is 0 Å². The molecule has 1 rings (SSSR count). The Morgan fingerprint density at radius 1 is 0.657 bits per heavy atom. The molecule has 0 saturated heterocycles. The summed E-state index contributed by atoms with van der Waals surface area (Å²) >= 11 is 0. The van der Waals surface area contributed by atoms with Crippen LogP contribution >= 0.6 is 0 Å². The van der Waals surface area contributed by atoms with E-state index in [-0.39, 0.29) is 17.6 Å². The number of hydrogen-bond donors (Lipinski definition) is 0. The van der Waals surface area contributed by atoms with Gasteiger partial charge in [0, 0.05) is 0 Å². The van der Waals surface area contributed by atoms with Gasteiger partial charge >= 0.3 is 36.0 Å². The molecule has 0 aliphatic carbocycles. The fraction of sp³-hybridized carbons (Fsp3) is 0.727. The molecule has 0 bridgehead atoms. The molecule has 35 heavy (non-hydrogen) atoms. The van der Waals surface area contributed by atoms with Crippen molar-refractivity contribution in [3.05, 3.63) is 30.3 Å². The van der Waals surface area contributed by atoms with E-state index in [1.54, 1.807) is 19.9 Å². The van der Waals surface area contributed by atoms with Gasteiger partial charge in [-0.2, -0.15) is 43.9 Å². The molecule has 0 fully saturated rings. The van der Waals surface area contributed by atoms with Crippen LogP contribution in [-0.4, -0.2) is 55.7 Å². The van der Waals surface area contributed by atoms with Gasteiger partial charge in [-0.05, 0) is 25.0 Å². The van der Waals surface area contributed by atoms with Crippen molar-refractivity contribution >= 4 is 5.69 Å². The van der Waals surface area contributed by atoms with Crippen LogP contribution < -0.4 is 4.48 Å². The molecule has 1 nitrogen and oxygen atoms in total. The molecule has 0 heterocycles. The van der Waals surface area contributed by atoms with Gasteiger partial charge in [-0.1, -0.05) is 44.9 Å². The summed E-state index contributed by atoms with van der Waals surface area (Å²) in [6.45, 7) is 2.85. The lowest BCUT2D eigenvalue weighted by atomic mass is 9.92. The van der Waals surface area contributed by atoms with Crippen molar-refractivity contribution in [3.8, 4) is 0 Å². The number of rotatable bonds is 15. The minimum absolute atomic E-state index is 0.123. The summed E-state index contributed by atoms with van der Waals surface area (Å²) in [4.78, 5) is 0. The van der Waals surface area contributed by atoms with E-state index < -0.39 is 49.0 Å². The first-order valence-electron chi connectivity index (χ1n) is 11.0. The Balaban J connectivity index is 3.43. The van der Waals surface area contributed by atoms with E-state index in [1.165, 1.54) is 24.3 Å². The molecular weight excluding hydrogens is 506 g/mol. The second-order valence-corrected chi connectivity index (χ2v) is 8.46. The number of para-hydroxylation sites is 1. The van der Waals surface area contributed by atoms with E-state index >= 15 is 0 Å². The van der Waals surface area contributed by atoms with Gasteiger partial charge in [0.1, 0.15) is 5.69 Å². The van der Waals surface area contributed by atoms with Crippen LogP contribution in [0.5, 0.6) is 0 Å². The third-order valence-corrected chi connectivity index (χ3v) is 5.98. The number of alkyl halides is 12. The number of unbranched alkanes of at least 4 members (excludes halogenated alkanes) is 2. The zero-order chi connectivity index (χ0) is 27.3. The first-order valence-corrected chi connectivity index (χ1v) is 11.0. The van der Waals surface area contributed by atoms with Crippen LogP contribution in [0.25, 0.3) is 0 Å². The quantitative estimate of drug-likeness (QED) is 0.157. The van der Waals surface area contributed by atoms with Crippen molar-refractivity contribution in [2.45, 2.75) is 82.0 Å². The summed E-state index contributed by atoms with van der Waals surface area (Å²) < 4.78 is 162. The molecule has 0 atom stereocenters. The Hall–Kier alpha value is -1.66. The predicted octanol–water partition coefficient (Wildman–Crippen LogP) is 8.43. The lowest BCUT2D eigenvalue weighted by Crippen LogP contribution is -2.69. The Kier molecular flexibility index (Phi) is 10.0. The Labute approximate surface area is 195 Å². The van der Waals surface area contributed by atoms with Gasteiger partial charge in [-0.15, -0.1) is 0 Å². The van der Waals surface area contributed by atoms with E-state index in [0.29, 0.717) is 31.4 Å². The molecule has 0 aliphatic heterocycles. The molecule has 204 valence electrons. The number of nitrogens with zero attached hydrogens (tertiary/aromatic N) is 1. The third kappa shape index (κ3) is 5.85. The zero-order valence-electron chi connectivity index (χ0n) is 19.1. The van der Waals surface area contributed by atoms with Crippen LogP contribution in [0.2, 0.25) is 0 Å². The SMILES string of the molecule is CCCC[N+](CCCC)(CCC(F)(F)C(F)(F)C(F)(F)C(F)(F)C(F)(F)C(F)F)c1ccccc1. The fourth-order valence-electron chi connectivity index (χ4n) is 3.67. The summed E-state index contributed by atoms with van der Waals surface area (Å²) in [5.74, 6) is -34.9. The van der Waals surface area contributed by atoms with Crippen LogP contribution in [0.1, 0.15) is 46.0 Å². The van der Waals surface area contributed by atoms with Gasteiger partial charge in [0.15, 0.2) is 0 Å². The molecule has 1 aromatic carbocycles. The predicted molar refractivity (Wildman–Crippen MR) is 108 cm³/mol. The van der Waals surface area contributed by atoms with E-state index in [4.69, 9.17) is 0 Å². The van der Waals surface area contributed by atoms with Crippen molar-refractivity contribution in [1.82, 2.24) is 4.48 Å². The normalized spacial score (nSPS) is 14.6. The Morgan fingerprint density at radius 3 is 1.51 bits per heavy atom. The molecular formula is C22H28F12N+. The van der Waals surface area contributed by atoms with Gasteiger partial charge in [-0.3, -0.25) is 4.48 Å². The maximum absolute atomic E-state index is 14.5. The van der Waals surface area contributed by atoms with E-state index in [1.807, 2.05) is 0 Å². The highest BCUT2D eigenvalue weighted by Crippen LogP contribution is 2.58. The second kappa shape index (κ2) is 11.2. The van der Waals surface area contributed by atoms with Gasteiger partial charge in [0.05, 0.1) is 26.1 Å². The molecule has 0 radical (unpaired) electrons. The van der Waals surface area contributed by atoms with E-state index in [2.05, 4.69) is 0 Å². The minimum atomic E-state index is -7.49. The highest BCUT2D eigenvalue weighted by molar-refractivity contribution is 5.42. The van der Waals surface area contributed by atoms with Crippen LogP contribution in [0, 0.1) is 0 Å². The largest absolute Gasteiger partial charge is 0.384 e. The van der Waals surface area contributed by atoms with Gasteiger partial charge in [0.25, 0.3) is 0 Å². The summed E-state index contributed by atoms with van der Waals surface area (Å²) in [6, 6.07) is 7.68. The molecule has 1 aromatic rings. The topological polar surface area (TPSA) is 0 Å². The fourth-order valence-corrected chi connectivity index (χ4v) is 3.67. The molecule has 0 spiro atoms. The van der Waals surface area contributed by atoms with Crippen LogP contribution in [0.3, 0.4) is 0 Å². The summed E-state index contributed by atoms with van der Waals surface area (Å²) in [6.07, 6.45) is -5.66.